The number of carboxylic acid groups (broad SMARTS) is 1. The van der Waals surface area contributed by atoms with Gasteiger partial charge in [0.05, 0.1) is 6.10 Å². The number of oxazole rings is 1. The van der Waals surface area contributed by atoms with Crippen LogP contribution < -0.4 is 5.32 Å². The Bertz CT molecular complexity index is 324. The number of hydrogen-bond donors (Lipinski definition) is 3. The van der Waals surface area contributed by atoms with Crippen LogP contribution in [0.25, 0.3) is 0 Å². The average Bonchev–Trinajstić information content (AvgIpc) is 2.63. The highest BCUT2D eigenvalue weighted by Crippen LogP contribution is 2.07. The SMILES string of the molecule is CCCC(O)CNc1nc(C(=O)O)co1. The van der Waals surface area contributed by atoms with E-state index in [1.807, 2.05) is 6.92 Å². The van der Waals surface area contributed by atoms with Gasteiger partial charge in [-0.05, 0) is 6.42 Å². The first-order chi connectivity index (χ1) is 7.13. The number of aromatic carboxylic acids is 1. The molecule has 3 N–H and O–H groups in total. The Kier molecular flexibility index (Phi) is 4.11. The van der Waals surface area contributed by atoms with Gasteiger partial charge in [-0.1, -0.05) is 13.3 Å². The summed E-state index contributed by atoms with van der Waals surface area (Å²) in [7, 11) is 0. The maximum Gasteiger partial charge on any atom is 0.357 e. The predicted molar refractivity (Wildman–Crippen MR) is 52.9 cm³/mol. The summed E-state index contributed by atoms with van der Waals surface area (Å²) in [5.41, 5.74) is -0.150. The van der Waals surface area contributed by atoms with Crippen LogP contribution in [0.15, 0.2) is 10.7 Å². The lowest BCUT2D eigenvalue weighted by molar-refractivity contribution is 0.0690. The summed E-state index contributed by atoms with van der Waals surface area (Å²) >= 11 is 0. The molecule has 0 aliphatic carbocycles. The lowest BCUT2D eigenvalue weighted by Gasteiger charge is -2.08. The van der Waals surface area contributed by atoms with Crippen LogP contribution in [-0.4, -0.2) is 33.8 Å². The maximum atomic E-state index is 10.5. The molecule has 15 heavy (non-hydrogen) atoms. The van der Waals surface area contributed by atoms with E-state index in [2.05, 4.69) is 10.3 Å². The second-order valence-corrected chi connectivity index (χ2v) is 3.17. The molecule has 0 saturated carbocycles. The zero-order valence-corrected chi connectivity index (χ0v) is 8.43. The minimum atomic E-state index is -1.14. The normalized spacial score (nSPS) is 12.4. The van der Waals surface area contributed by atoms with Crippen LogP contribution >= 0.6 is 0 Å². The Morgan fingerprint density at radius 2 is 2.47 bits per heavy atom. The van der Waals surface area contributed by atoms with Gasteiger partial charge < -0.3 is 19.9 Å². The molecule has 0 radical (unpaired) electrons. The van der Waals surface area contributed by atoms with Crippen molar-refractivity contribution in [3.63, 3.8) is 0 Å². The Hall–Kier alpha value is -1.56. The first-order valence-electron chi connectivity index (χ1n) is 4.74. The number of carboxylic acids is 1. The molecule has 0 fully saturated rings. The van der Waals surface area contributed by atoms with Crippen molar-refractivity contribution < 1.29 is 19.4 Å². The second-order valence-electron chi connectivity index (χ2n) is 3.17. The van der Waals surface area contributed by atoms with Crippen molar-refractivity contribution in [2.45, 2.75) is 25.9 Å². The van der Waals surface area contributed by atoms with Gasteiger partial charge in [-0.2, -0.15) is 4.98 Å². The van der Waals surface area contributed by atoms with Crippen LogP contribution in [-0.2, 0) is 0 Å². The van der Waals surface area contributed by atoms with E-state index in [0.717, 1.165) is 12.7 Å². The van der Waals surface area contributed by atoms with Crippen molar-refractivity contribution in [2.75, 3.05) is 11.9 Å². The third-order valence-corrected chi connectivity index (χ3v) is 1.83. The van der Waals surface area contributed by atoms with E-state index in [4.69, 9.17) is 9.52 Å². The molecule has 1 aromatic rings. The van der Waals surface area contributed by atoms with Crippen molar-refractivity contribution in [3.8, 4) is 0 Å². The third kappa shape index (κ3) is 3.59. The van der Waals surface area contributed by atoms with Gasteiger partial charge in [0, 0.05) is 6.54 Å². The number of aliphatic hydroxyl groups is 1. The zero-order chi connectivity index (χ0) is 11.3. The summed E-state index contributed by atoms with van der Waals surface area (Å²) in [6.45, 7) is 2.27. The quantitative estimate of drug-likeness (QED) is 0.652. The Morgan fingerprint density at radius 3 is 3.00 bits per heavy atom. The Labute approximate surface area is 86.9 Å². The van der Waals surface area contributed by atoms with Crippen LogP contribution in [0.5, 0.6) is 0 Å². The fraction of sp³-hybridized carbons (Fsp3) is 0.556. The second kappa shape index (κ2) is 5.35. The Morgan fingerprint density at radius 1 is 1.73 bits per heavy atom. The topological polar surface area (TPSA) is 95.6 Å². The highest BCUT2D eigenvalue weighted by Gasteiger charge is 2.10. The van der Waals surface area contributed by atoms with E-state index in [-0.39, 0.29) is 11.7 Å². The molecule has 0 aliphatic rings. The van der Waals surface area contributed by atoms with Gasteiger partial charge in [-0.25, -0.2) is 4.79 Å². The average molecular weight is 214 g/mol. The molecule has 1 heterocycles. The van der Waals surface area contributed by atoms with E-state index >= 15 is 0 Å². The van der Waals surface area contributed by atoms with E-state index in [1.165, 1.54) is 0 Å². The number of rotatable bonds is 6. The molecule has 1 rings (SSSR count). The third-order valence-electron chi connectivity index (χ3n) is 1.83. The van der Waals surface area contributed by atoms with Crippen LogP contribution in [0.2, 0.25) is 0 Å². The number of aromatic nitrogens is 1. The van der Waals surface area contributed by atoms with Crippen molar-refractivity contribution >= 4 is 12.0 Å². The molecule has 84 valence electrons. The molecular formula is C9H14N2O4. The summed E-state index contributed by atoms with van der Waals surface area (Å²) in [5, 5.41) is 20.7. The fourth-order valence-electron chi connectivity index (χ4n) is 1.09. The predicted octanol–water partition coefficient (Wildman–Crippen LogP) is 0.946. The summed E-state index contributed by atoms with van der Waals surface area (Å²) in [4.78, 5) is 14.1. The largest absolute Gasteiger partial charge is 0.476 e. The molecule has 0 aromatic carbocycles. The molecule has 1 aromatic heterocycles. The summed E-state index contributed by atoms with van der Waals surface area (Å²) in [6.07, 6.45) is 2.14. The molecule has 0 bridgehead atoms. The van der Waals surface area contributed by atoms with Gasteiger partial charge in [0.2, 0.25) is 0 Å². The number of carbonyl (C=O) groups is 1. The highest BCUT2D eigenvalue weighted by molar-refractivity contribution is 5.85. The smallest absolute Gasteiger partial charge is 0.357 e. The number of aliphatic hydroxyl groups excluding tert-OH is 1. The standard InChI is InChI=1S/C9H14N2O4/c1-2-3-6(12)4-10-9-11-7(5-15-9)8(13)14/h5-6,12H,2-4H2,1H3,(H,10,11)(H,13,14). The minimum Gasteiger partial charge on any atom is -0.476 e. The van der Waals surface area contributed by atoms with Crippen molar-refractivity contribution in [2.24, 2.45) is 0 Å². The number of anilines is 1. The molecule has 0 saturated heterocycles. The molecular weight excluding hydrogens is 200 g/mol. The van der Waals surface area contributed by atoms with E-state index in [9.17, 15) is 9.90 Å². The van der Waals surface area contributed by atoms with Crippen molar-refractivity contribution in [1.29, 1.82) is 0 Å². The number of hydrogen-bond acceptors (Lipinski definition) is 5. The van der Waals surface area contributed by atoms with Gasteiger partial charge in [0.25, 0.3) is 6.01 Å². The summed E-state index contributed by atoms with van der Waals surface area (Å²) in [5.74, 6) is -1.14. The first kappa shape index (κ1) is 11.5. The highest BCUT2D eigenvalue weighted by atomic mass is 16.4. The summed E-state index contributed by atoms with van der Waals surface area (Å²) < 4.78 is 4.84. The number of nitrogens with zero attached hydrogens (tertiary/aromatic N) is 1. The van der Waals surface area contributed by atoms with Gasteiger partial charge in [0.15, 0.2) is 5.69 Å². The molecule has 6 nitrogen and oxygen atoms in total. The molecule has 0 spiro atoms. The van der Waals surface area contributed by atoms with Gasteiger partial charge in [-0.15, -0.1) is 0 Å². The lowest BCUT2D eigenvalue weighted by atomic mass is 10.2. The van der Waals surface area contributed by atoms with Crippen LogP contribution in [0.1, 0.15) is 30.3 Å². The fourth-order valence-corrected chi connectivity index (χ4v) is 1.09. The molecule has 0 amide bonds. The molecule has 6 heteroatoms. The van der Waals surface area contributed by atoms with Crippen molar-refractivity contribution in [3.05, 3.63) is 12.0 Å². The minimum absolute atomic E-state index is 0.113. The van der Waals surface area contributed by atoms with E-state index in [0.29, 0.717) is 13.0 Å². The van der Waals surface area contributed by atoms with Gasteiger partial charge in [-0.3, -0.25) is 0 Å². The van der Waals surface area contributed by atoms with Crippen LogP contribution in [0.3, 0.4) is 0 Å². The molecule has 1 unspecified atom stereocenters. The van der Waals surface area contributed by atoms with E-state index < -0.39 is 12.1 Å². The van der Waals surface area contributed by atoms with Crippen molar-refractivity contribution in [1.82, 2.24) is 4.98 Å². The zero-order valence-electron chi connectivity index (χ0n) is 8.43. The van der Waals surface area contributed by atoms with Crippen LogP contribution in [0, 0.1) is 0 Å². The summed E-state index contributed by atoms with van der Waals surface area (Å²) in [6, 6.07) is 0.113. The Balaban J connectivity index is 2.40. The monoisotopic (exact) mass is 214 g/mol. The van der Waals surface area contributed by atoms with Gasteiger partial charge >= 0.3 is 5.97 Å². The molecule has 0 aliphatic heterocycles. The van der Waals surface area contributed by atoms with E-state index in [1.54, 1.807) is 0 Å². The maximum absolute atomic E-state index is 10.5. The lowest BCUT2D eigenvalue weighted by Crippen LogP contribution is -2.19. The van der Waals surface area contributed by atoms with Gasteiger partial charge in [0.1, 0.15) is 6.26 Å². The molecule has 1 atom stereocenters. The van der Waals surface area contributed by atoms with Crippen LogP contribution in [0.4, 0.5) is 6.01 Å². The number of nitrogens with one attached hydrogen (secondary N) is 1. The first-order valence-corrected chi connectivity index (χ1v) is 4.74.